The number of nitrogens with zero attached hydrogens (tertiary/aromatic N) is 1. The van der Waals surface area contributed by atoms with Crippen molar-refractivity contribution in [2.24, 2.45) is 0 Å². The molecule has 0 aliphatic rings. The van der Waals surface area contributed by atoms with Gasteiger partial charge in [0, 0.05) is 22.2 Å². The van der Waals surface area contributed by atoms with E-state index in [1.54, 1.807) is 25.6 Å². The van der Waals surface area contributed by atoms with Gasteiger partial charge in [0.25, 0.3) is 0 Å². The van der Waals surface area contributed by atoms with Crippen LogP contribution in [0.3, 0.4) is 0 Å². The van der Waals surface area contributed by atoms with E-state index in [1.165, 1.54) is 4.88 Å². The number of hydrogen-bond donors (Lipinski definition) is 1. The first-order chi connectivity index (χ1) is 11.2. The molecule has 0 atom stereocenters. The molecule has 0 fully saturated rings. The normalized spacial score (nSPS) is 10.4. The number of hydrogen-bond acceptors (Lipinski definition) is 5. The molecular formula is C18H18N2O2S. The molecule has 0 amide bonds. The molecule has 0 aliphatic carbocycles. The molecular weight excluding hydrogens is 308 g/mol. The van der Waals surface area contributed by atoms with Crippen LogP contribution in [-0.4, -0.2) is 19.2 Å². The highest BCUT2D eigenvalue weighted by atomic mass is 32.1. The summed E-state index contributed by atoms with van der Waals surface area (Å²) < 4.78 is 10.4. The fourth-order valence-corrected chi connectivity index (χ4v) is 3.15. The molecule has 2 aromatic carbocycles. The highest BCUT2D eigenvalue weighted by molar-refractivity contribution is 7.16. The molecule has 0 unspecified atom stereocenters. The van der Waals surface area contributed by atoms with Gasteiger partial charge in [-0.3, -0.25) is 0 Å². The Labute approximate surface area is 139 Å². The summed E-state index contributed by atoms with van der Waals surface area (Å²) >= 11 is 1.63. The van der Waals surface area contributed by atoms with Crippen LogP contribution >= 0.6 is 11.3 Å². The Balaban J connectivity index is 1.85. The third kappa shape index (κ3) is 3.46. The number of aromatic nitrogens is 1. The monoisotopic (exact) mass is 326 g/mol. The molecule has 3 rings (SSSR count). The Morgan fingerprint density at radius 3 is 2.39 bits per heavy atom. The van der Waals surface area contributed by atoms with E-state index in [1.807, 2.05) is 48.5 Å². The number of aryl methyl sites for hydroxylation is 1. The Morgan fingerprint density at radius 2 is 1.70 bits per heavy atom. The van der Waals surface area contributed by atoms with Gasteiger partial charge in [-0.25, -0.2) is 4.98 Å². The summed E-state index contributed by atoms with van der Waals surface area (Å²) in [4.78, 5) is 5.88. The van der Waals surface area contributed by atoms with E-state index < -0.39 is 0 Å². The average molecular weight is 326 g/mol. The molecule has 0 aliphatic heterocycles. The summed E-state index contributed by atoms with van der Waals surface area (Å²) in [7, 11) is 3.33. The summed E-state index contributed by atoms with van der Waals surface area (Å²) in [6.07, 6.45) is 0. The highest BCUT2D eigenvalue weighted by Gasteiger charge is 2.10. The first-order valence-electron chi connectivity index (χ1n) is 7.22. The van der Waals surface area contributed by atoms with Gasteiger partial charge < -0.3 is 14.8 Å². The maximum absolute atomic E-state index is 5.24. The lowest BCUT2D eigenvalue weighted by atomic mass is 10.1. The summed E-state index contributed by atoms with van der Waals surface area (Å²) in [5.41, 5.74) is 3.03. The third-order valence-corrected chi connectivity index (χ3v) is 4.37. The van der Waals surface area contributed by atoms with E-state index in [9.17, 15) is 0 Å². The van der Waals surface area contributed by atoms with Crippen LogP contribution in [0.4, 0.5) is 10.8 Å². The fourth-order valence-electron chi connectivity index (χ4n) is 2.29. The van der Waals surface area contributed by atoms with Crippen molar-refractivity contribution >= 4 is 22.2 Å². The maximum atomic E-state index is 5.24. The van der Waals surface area contributed by atoms with Crippen LogP contribution in [0.5, 0.6) is 11.5 Å². The SMILES string of the molecule is COc1ccc(-c2nc(Nc3cccc(OC)c3)sc2C)cc1. The van der Waals surface area contributed by atoms with Crippen molar-refractivity contribution in [2.45, 2.75) is 6.92 Å². The molecule has 0 radical (unpaired) electrons. The Morgan fingerprint density at radius 1 is 0.957 bits per heavy atom. The second kappa shape index (κ2) is 6.71. The molecule has 0 spiro atoms. The van der Waals surface area contributed by atoms with E-state index in [-0.39, 0.29) is 0 Å². The summed E-state index contributed by atoms with van der Waals surface area (Å²) in [5, 5.41) is 4.20. The predicted octanol–water partition coefficient (Wildman–Crippen LogP) is 4.88. The quantitative estimate of drug-likeness (QED) is 0.726. The predicted molar refractivity (Wildman–Crippen MR) is 95.1 cm³/mol. The second-order valence-corrected chi connectivity index (χ2v) is 6.21. The molecule has 1 heterocycles. The Hall–Kier alpha value is -2.53. The van der Waals surface area contributed by atoms with Crippen molar-refractivity contribution < 1.29 is 9.47 Å². The summed E-state index contributed by atoms with van der Waals surface area (Å²) in [5.74, 6) is 1.66. The van der Waals surface area contributed by atoms with Gasteiger partial charge in [0.05, 0.1) is 19.9 Å². The third-order valence-electron chi connectivity index (χ3n) is 3.48. The van der Waals surface area contributed by atoms with Crippen molar-refractivity contribution in [2.75, 3.05) is 19.5 Å². The second-order valence-electron chi connectivity index (χ2n) is 5.01. The standard InChI is InChI=1S/C18H18N2O2S/c1-12-17(13-7-9-15(21-2)10-8-13)20-18(23-12)19-14-5-4-6-16(11-14)22-3/h4-11H,1-3H3,(H,19,20). The van der Waals surface area contributed by atoms with Crippen molar-refractivity contribution in [3.8, 4) is 22.8 Å². The zero-order chi connectivity index (χ0) is 16.2. The van der Waals surface area contributed by atoms with Crippen molar-refractivity contribution in [3.05, 3.63) is 53.4 Å². The minimum absolute atomic E-state index is 0.818. The lowest BCUT2D eigenvalue weighted by Crippen LogP contribution is -1.91. The van der Waals surface area contributed by atoms with Crippen LogP contribution in [0, 0.1) is 6.92 Å². The van der Waals surface area contributed by atoms with E-state index >= 15 is 0 Å². The molecule has 0 bridgehead atoms. The van der Waals surface area contributed by atoms with Gasteiger partial charge in [-0.15, -0.1) is 11.3 Å². The number of thiazole rings is 1. The Bertz CT molecular complexity index is 797. The van der Waals surface area contributed by atoms with Gasteiger partial charge in [0.2, 0.25) is 0 Å². The van der Waals surface area contributed by atoms with Crippen LogP contribution in [-0.2, 0) is 0 Å². The van der Waals surface area contributed by atoms with Gasteiger partial charge in [0.15, 0.2) is 5.13 Å². The summed E-state index contributed by atoms with van der Waals surface area (Å²) in [6, 6.07) is 15.8. The van der Waals surface area contributed by atoms with Crippen LogP contribution < -0.4 is 14.8 Å². The molecule has 5 heteroatoms. The lowest BCUT2D eigenvalue weighted by Gasteiger charge is -2.05. The molecule has 118 valence electrons. The Kier molecular flexibility index (Phi) is 4.48. The van der Waals surface area contributed by atoms with Crippen molar-refractivity contribution in [3.63, 3.8) is 0 Å². The summed E-state index contributed by atoms with van der Waals surface area (Å²) in [6.45, 7) is 2.08. The molecule has 0 saturated heterocycles. The maximum Gasteiger partial charge on any atom is 0.187 e. The number of nitrogens with one attached hydrogen (secondary N) is 1. The van der Waals surface area contributed by atoms with E-state index in [0.717, 1.165) is 33.6 Å². The topological polar surface area (TPSA) is 43.4 Å². The van der Waals surface area contributed by atoms with Crippen LogP contribution in [0.2, 0.25) is 0 Å². The van der Waals surface area contributed by atoms with Gasteiger partial charge in [-0.1, -0.05) is 6.07 Å². The van der Waals surface area contributed by atoms with Crippen LogP contribution in [0.25, 0.3) is 11.3 Å². The number of methoxy groups -OCH3 is 2. The van der Waals surface area contributed by atoms with Crippen LogP contribution in [0.15, 0.2) is 48.5 Å². The van der Waals surface area contributed by atoms with Gasteiger partial charge in [-0.05, 0) is 43.3 Å². The molecule has 23 heavy (non-hydrogen) atoms. The zero-order valence-corrected chi connectivity index (χ0v) is 14.1. The fraction of sp³-hybridized carbons (Fsp3) is 0.167. The smallest absolute Gasteiger partial charge is 0.187 e. The average Bonchev–Trinajstić information content (AvgIpc) is 2.95. The first-order valence-corrected chi connectivity index (χ1v) is 8.04. The zero-order valence-electron chi connectivity index (χ0n) is 13.3. The first kappa shape index (κ1) is 15.4. The van der Waals surface area contributed by atoms with Gasteiger partial charge >= 0.3 is 0 Å². The van der Waals surface area contributed by atoms with E-state index in [0.29, 0.717) is 0 Å². The van der Waals surface area contributed by atoms with E-state index in [2.05, 4.69) is 12.2 Å². The molecule has 4 nitrogen and oxygen atoms in total. The molecule has 3 aromatic rings. The molecule has 0 saturated carbocycles. The molecule has 1 aromatic heterocycles. The minimum atomic E-state index is 0.818. The van der Waals surface area contributed by atoms with Crippen molar-refractivity contribution in [1.29, 1.82) is 0 Å². The minimum Gasteiger partial charge on any atom is -0.497 e. The van der Waals surface area contributed by atoms with Gasteiger partial charge in [0.1, 0.15) is 11.5 Å². The van der Waals surface area contributed by atoms with E-state index in [4.69, 9.17) is 14.5 Å². The number of benzene rings is 2. The number of ether oxygens (including phenoxy) is 2. The lowest BCUT2D eigenvalue weighted by molar-refractivity contribution is 0.415. The highest BCUT2D eigenvalue weighted by Crippen LogP contribution is 2.33. The van der Waals surface area contributed by atoms with Crippen LogP contribution in [0.1, 0.15) is 4.88 Å². The van der Waals surface area contributed by atoms with Crippen molar-refractivity contribution in [1.82, 2.24) is 4.98 Å². The number of rotatable bonds is 5. The number of anilines is 2. The van der Waals surface area contributed by atoms with Gasteiger partial charge in [-0.2, -0.15) is 0 Å². The largest absolute Gasteiger partial charge is 0.497 e. The molecule has 1 N–H and O–H groups in total.